The predicted octanol–water partition coefficient (Wildman–Crippen LogP) is 5.57. The van der Waals surface area contributed by atoms with Crippen LogP contribution >= 0.6 is 0 Å². The summed E-state index contributed by atoms with van der Waals surface area (Å²) in [5.41, 5.74) is 3.22. The first-order valence-electron chi connectivity index (χ1n) is 13.1. The number of aromatic nitrogens is 2. The monoisotopic (exact) mass is 470 g/mol. The van der Waals surface area contributed by atoms with Gasteiger partial charge in [-0.3, -0.25) is 9.69 Å². The summed E-state index contributed by atoms with van der Waals surface area (Å²) < 4.78 is 6.40. The second-order valence-electron chi connectivity index (χ2n) is 10.2. The van der Waals surface area contributed by atoms with Crippen LogP contribution in [0.4, 0.5) is 0 Å². The van der Waals surface area contributed by atoms with E-state index in [1.807, 2.05) is 49.3 Å². The molecule has 1 amide bonds. The first-order chi connectivity index (χ1) is 17.2. The summed E-state index contributed by atoms with van der Waals surface area (Å²) in [4.78, 5) is 25.3. The van der Waals surface area contributed by atoms with Crippen LogP contribution in [0, 0.1) is 5.92 Å². The quantitative estimate of drug-likeness (QED) is 0.511. The summed E-state index contributed by atoms with van der Waals surface area (Å²) in [5.74, 6) is 3.75. The van der Waals surface area contributed by atoms with Crippen LogP contribution in [0.15, 0.2) is 54.9 Å². The molecule has 3 aliphatic heterocycles. The Bertz CT molecular complexity index is 1190. The molecule has 4 heterocycles. The molecule has 2 bridgehead atoms. The van der Waals surface area contributed by atoms with Gasteiger partial charge >= 0.3 is 0 Å². The van der Waals surface area contributed by atoms with E-state index in [1.54, 1.807) is 0 Å². The minimum atomic E-state index is 0.0705. The van der Waals surface area contributed by atoms with Gasteiger partial charge in [0.1, 0.15) is 17.3 Å². The van der Waals surface area contributed by atoms with Gasteiger partial charge in [-0.2, -0.15) is 0 Å². The topological polar surface area (TPSA) is 61.5 Å². The number of nitrogens with one attached hydrogen (secondary N) is 1. The fraction of sp³-hybridized carbons (Fsp3) is 0.448. The van der Waals surface area contributed by atoms with Gasteiger partial charge in [0.15, 0.2) is 0 Å². The average molecular weight is 471 g/mol. The third-order valence-corrected chi connectivity index (χ3v) is 8.40. The first kappa shape index (κ1) is 22.4. The molecule has 0 aliphatic carbocycles. The zero-order valence-electron chi connectivity index (χ0n) is 20.6. The number of H-pyrrole nitrogens is 1. The summed E-state index contributed by atoms with van der Waals surface area (Å²) >= 11 is 0. The molecule has 35 heavy (non-hydrogen) atoms. The van der Waals surface area contributed by atoms with Gasteiger partial charge in [0.2, 0.25) is 0 Å². The van der Waals surface area contributed by atoms with E-state index in [1.165, 1.54) is 36.8 Å². The minimum absolute atomic E-state index is 0.0705. The van der Waals surface area contributed by atoms with Crippen molar-refractivity contribution in [1.82, 2.24) is 19.8 Å². The largest absolute Gasteiger partial charge is 0.457 e. The number of piperidine rings is 1. The maximum absolute atomic E-state index is 13.0. The molecule has 3 unspecified atom stereocenters. The average Bonchev–Trinajstić information content (AvgIpc) is 3.47. The SMILES string of the molecule is CCN(CC)C(=O)c1ccc2c(c1)Oc1ccccc1C2C1CC2CCC(C1)N2Cc1ncc[nH]1. The van der Waals surface area contributed by atoms with Gasteiger partial charge < -0.3 is 14.6 Å². The Kier molecular flexibility index (Phi) is 5.85. The predicted molar refractivity (Wildman–Crippen MR) is 136 cm³/mol. The molecule has 3 aliphatic rings. The number of fused-ring (bicyclic) bond motifs is 4. The number of imidazole rings is 1. The van der Waals surface area contributed by atoms with E-state index in [4.69, 9.17) is 4.74 Å². The highest BCUT2D eigenvalue weighted by atomic mass is 16.5. The summed E-state index contributed by atoms with van der Waals surface area (Å²) in [5, 5.41) is 0. The molecule has 2 fully saturated rings. The van der Waals surface area contributed by atoms with E-state index in [2.05, 4.69) is 39.1 Å². The van der Waals surface area contributed by atoms with Crippen molar-refractivity contribution in [1.29, 1.82) is 0 Å². The van der Waals surface area contributed by atoms with Crippen LogP contribution in [0.5, 0.6) is 11.5 Å². The van der Waals surface area contributed by atoms with Crippen molar-refractivity contribution >= 4 is 5.91 Å². The number of benzene rings is 2. The molecule has 0 saturated carbocycles. The van der Waals surface area contributed by atoms with Crippen molar-refractivity contribution in [2.45, 2.75) is 64.1 Å². The Morgan fingerprint density at radius 1 is 1.06 bits per heavy atom. The maximum atomic E-state index is 13.0. The highest BCUT2D eigenvalue weighted by Crippen LogP contribution is 2.53. The van der Waals surface area contributed by atoms with E-state index in [-0.39, 0.29) is 5.91 Å². The molecule has 1 N–H and O–H groups in total. The fourth-order valence-electron chi connectivity index (χ4n) is 6.73. The lowest BCUT2D eigenvalue weighted by molar-refractivity contribution is 0.0772. The molecule has 6 nitrogen and oxygen atoms in total. The Morgan fingerprint density at radius 2 is 1.80 bits per heavy atom. The highest BCUT2D eigenvalue weighted by Gasteiger charge is 2.45. The Morgan fingerprint density at radius 3 is 2.51 bits per heavy atom. The number of ether oxygens (including phenoxy) is 1. The van der Waals surface area contributed by atoms with Gasteiger partial charge in [0.25, 0.3) is 5.91 Å². The molecule has 0 radical (unpaired) electrons. The molecule has 1 aromatic heterocycles. The Hall–Kier alpha value is -3.12. The third-order valence-electron chi connectivity index (χ3n) is 8.40. The smallest absolute Gasteiger partial charge is 0.253 e. The normalized spacial score (nSPS) is 25.0. The summed E-state index contributed by atoms with van der Waals surface area (Å²) in [7, 11) is 0. The van der Waals surface area contributed by atoms with Crippen molar-refractivity contribution in [3.8, 4) is 11.5 Å². The van der Waals surface area contributed by atoms with Gasteiger partial charge in [-0.05, 0) is 63.6 Å². The molecule has 6 heteroatoms. The van der Waals surface area contributed by atoms with Gasteiger partial charge in [-0.15, -0.1) is 0 Å². The number of carbonyl (C=O) groups is 1. The second kappa shape index (κ2) is 9.15. The number of rotatable bonds is 6. The molecule has 3 aromatic rings. The van der Waals surface area contributed by atoms with E-state index < -0.39 is 0 Å². The van der Waals surface area contributed by atoms with Crippen molar-refractivity contribution in [2.24, 2.45) is 5.92 Å². The highest BCUT2D eigenvalue weighted by molar-refractivity contribution is 5.95. The number of carbonyl (C=O) groups excluding carboxylic acids is 1. The van der Waals surface area contributed by atoms with Crippen LogP contribution in [-0.2, 0) is 6.54 Å². The van der Waals surface area contributed by atoms with E-state index in [9.17, 15) is 4.79 Å². The Labute approximate surface area is 207 Å². The van der Waals surface area contributed by atoms with Crippen molar-refractivity contribution in [3.63, 3.8) is 0 Å². The van der Waals surface area contributed by atoms with Crippen LogP contribution in [0.1, 0.15) is 72.8 Å². The molecule has 3 atom stereocenters. The zero-order valence-corrected chi connectivity index (χ0v) is 20.6. The lowest BCUT2D eigenvalue weighted by atomic mass is 9.72. The van der Waals surface area contributed by atoms with Gasteiger partial charge in [0, 0.05) is 60.2 Å². The number of hydrogen-bond acceptors (Lipinski definition) is 4. The fourth-order valence-corrected chi connectivity index (χ4v) is 6.73. The lowest BCUT2D eigenvalue weighted by Crippen LogP contribution is -2.44. The van der Waals surface area contributed by atoms with Crippen molar-refractivity contribution < 1.29 is 9.53 Å². The summed E-state index contributed by atoms with van der Waals surface area (Å²) in [6.07, 6.45) is 8.64. The minimum Gasteiger partial charge on any atom is -0.457 e. The standard InChI is InChI=1S/C29H34N4O2/c1-3-32(4-2)29(34)19-9-12-24-26(17-19)35-25-8-6-5-7-23(25)28(24)20-15-21-10-11-22(16-20)33(21)18-27-30-13-14-31-27/h5-9,12-14,17,20-22,28H,3-4,10-11,15-16,18H2,1-2H3,(H,30,31). The number of nitrogens with zero attached hydrogens (tertiary/aromatic N) is 3. The first-order valence-corrected chi connectivity index (χ1v) is 13.1. The summed E-state index contributed by atoms with van der Waals surface area (Å²) in [6.45, 7) is 6.37. The number of aromatic amines is 1. The molecule has 6 rings (SSSR count). The second-order valence-corrected chi connectivity index (χ2v) is 10.2. The summed E-state index contributed by atoms with van der Waals surface area (Å²) in [6, 6.07) is 15.8. The molecule has 182 valence electrons. The van der Waals surface area contributed by atoms with E-state index >= 15 is 0 Å². The van der Waals surface area contributed by atoms with Gasteiger partial charge in [-0.25, -0.2) is 4.98 Å². The number of amides is 1. The van der Waals surface area contributed by atoms with Crippen LogP contribution in [-0.4, -0.2) is 50.8 Å². The molecule has 0 spiro atoms. The molecule has 2 saturated heterocycles. The number of para-hydroxylation sites is 1. The van der Waals surface area contributed by atoms with Crippen LogP contribution in [0.25, 0.3) is 0 Å². The van der Waals surface area contributed by atoms with Crippen LogP contribution in [0.3, 0.4) is 0 Å². The number of hydrogen-bond donors (Lipinski definition) is 1. The third kappa shape index (κ3) is 3.94. The van der Waals surface area contributed by atoms with Crippen molar-refractivity contribution in [2.75, 3.05) is 13.1 Å². The molecular formula is C29H34N4O2. The zero-order chi connectivity index (χ0) is 23.9. The van der Waals surface area contributed by atoms with Crippen LogP contribution in [0.2, 0.25) is 0 Å². The molecule has 2 aromatic carbocycles. The van der Waals surface area contributed by atoms with E-state index in [0.29, 0.717) is 42.6 Å². The van der Waals surface area contributed by atoms with Gasteiger partial charge in [0.05, 0.1) is 6.54 Å². The van der Waals surface area contributed by atoms with Gasteiger partial charge in [-0.1, -0.05) is 24.3 Å². The van der Waals surface area contributed by atoms with E-state index in [0.717, 1.165) is 23.9 Å². The maximum Gasteiger partial charge on any atom is 0.253 e. The van der Waals surface area contributed by atoms with Crippen molar-refractivity contribution in [3.05, 3.63) is 77.4 Å². The Balaban J connectivity index is 1.32. The molecular weight excluding hydrogens is 436 g/mol. The van der Waals surface area contributed by atoms with Crippen LogP contribution < -0.4 is 4.74 Å². The lowest BCUT2D eigenvalue weighted by Gasteiger charge is -2.43.